The number of furan rings is 1. The van der Waals surface area contributed by atoms with Crippen molar-refractivity contribution < 1.29 is 9.21 Å². The normalized spacial score (nSPS) is 11.5. The largest absolute Gasteiger partial charge is 0.454 e. The van der Waals surface area contributed by atoms with E-state index in [0.717, 1.165) is 29.6 Å². The molecule has 0 bridgehead atoms. The summed E-state index contributed by atoms with van der Waals surface area (Å²) in [6.45, 7) is 1.17. The molecule has 0 atom stereocenters. The summed E-state index contributed by atoms with van der Waals surface area (Å²) >= 11 is 0. The lowest BCUT2D eigenvalue weighted by Gasteiger charge is -2.05. The van der Waals surface area contributed by atoms with Gasteiger partial charge in [0, 0.05) is 42.6 Å². The molecule has 172 valence electrons. The molecule has 0 aliphatic rings. The molecule has 3 heterocycles. The van der Waals surface area contributed by atoms with Crippen molar-refractivity contribution in [3.05, 3.63) is 96.7 Å². The second kappa shape index (κ2) is 9.93. The van der Waals surface area contributed by atoms with Crippen LogP contribution in [0.5, 0.6) is 0 Å². The number of nitrogens with zero attached hydrogens (tertiary/aromatic N) is 5. The maximum Gasteiger partial charge on any atom is 0.261 e. The molecule has 0 saturated carbocycles. The van der Waals surface area contributed by atoms with Crippen LogP contribution in [-0.4, -0.2) is 31.8 Å². The van der Waals surface area contributed by atoms with E-state index in [1.807, 2.05) is 77.5 Å². The molecule has 0 spiro atoms. The summed E-state index contributed by atoms with van der Waals surface area (Å²) in [4.78, 5) is 16.7. The molecule has 0 aliphatic heterocycles. The van der Waals surface area contributed by atoms with E-state index in [2.05, 4.69) is 10.3 Å². The standard InChI is InChI=1S/C27H22N6O2/c28-17-21(27(34)30-11-6-13-32-14-12-29-19-32)15-22-18-33(23-8-2-1-3-9-23)31-26(22)25-16-20-7-4-5-10-24(20)35-25/h1-5,7-10,12,14-16,18-19H,6,11,13H2,(H,30,34). The third kappa shape index (κ3) is 4.89. The fourth-order valence-electron chi connectivity index (χ4n) is 3.78. The first-order valence-corrected chi connectivity index (χ1v) is 11.2. The van der Waals surface area contributed by atoms with Gasteiger partial charge in [-0.3, -0.25) is 4.79 Å². The van der Waals surface area contributed by atoms with Crippen LogP contribution in [0.1, 0.15) is 12.0 Å². The van der Waals surface area contributed by atoms with E-state index in [9.17, 15) is 10.1 Å². The minimum atomic E-state index is -0.429. The number of rotatable bonds is 8. The predicted octanol–water partition coefficient (Wildman–Crippen LogP) is 4.60. The van der Waals surface area contributed by atoms with Gasteiger partial charge in [0.05, 0.1) is 12.0 Å². The number of nitrogens with one attached hydrogen (secondary N) is 1. The second-order valence-electron chi connectivity index (χ2n) is 7.94. The van der Waals surface area contributed by atoms with Crippen molar-refractivity contribution in [3.8, 4) is 23.2 Å². The Balaban J connectivity index is 1.44. The Hall–Kier alpha value is -4.90. The Morgan fingerprint density at radius 2 is 1.97 bits per heavy atom. The van der Waals surface area contributed by atoms with Crippen LogP contribution in [0.2, 0.25) is 0 Å². The Labute approximate surface area is 201 Å². The van der Waals surface area contributed by atoms with Crippen LogP contribution in [0.15, 0.2) is 95.6 Å². The van der Waals surface area contributed by atoms with Gasteiger partial charge in [-0.25, -0.2) is 9.67 Å². The molecule has 2 aromatic carbocycles. The maximum absolute atomic E-state index is 12.7. The molecule has 8 nitrogen and oxygen atoms in total. The number of carbonyl (C=O) groups is 1. The summed E-state index contributed by atoms with van der Waals surface area (Å²) in [5, 5.41) is 18.2. The lowest BCUT2D eigenvalue weighted by molar-refractivity contribution is -0.117. The predicted molar refractivity (Wildman–Crippen MR) is 132 cm³/mol. The first-order valence-electron chi connectivity index (χ1n) is 11.2. The number of benzene rings is 2. The number of hydrogen-bond donors (Lipinski definition) is 1. The van der Waals surface area contributed by atoms with Crippen molar-refractivity contribution in [2.24, 2.45) is 0 Å². The fourth-order valence-corrected chi connectivity index (χ4v) is 3.78. The van der Waals surface area contributed by atoms with E-state index in [-0.39, 0.29) is 5.57 Å². The second-order valence-corrected chi connectivity index (χ2v) is 7.94. The highest BCUT2D eigenvalue weighted by Gasteiger charge is 2.18. The molecular weight excluding hydrogens is 440 g/mol. The lowest BCUT2D eigenvalue weighted by atomic mass is 10.1. The summed E-state index contributed by atoms with van der Waals surface area (Å²) in [6.07, 6.45) is 9.38. The van der Waals surface area contributed by atoms with Gasteiger partial charge in [0.15, 0.2) is 5.76 Å². The topological polar surface area (TPSA) is 102 Å². The smallest absolute Gasteiger partial charge is 0.261 e. The molecule has 3 aromatic heterocycles. The summed E-state index contributed by atoms with van der Waals surface area (Å²) in [5.74, 6) is 0.131. The molecule has 1 N–H and O–H groups in total. The van der Waals surface area contributed by atoms with E-state index in [1.165, 1.54) is 0 Å². The highest BCUT2D eigenvalue weighted by Crippen LogP contribution is 2.31. The maximum atomic E-state index is 12.7. The summed E-state index contributed by atoms with van der Waals surface area (Å²) in [7, 11) is 0. The minimum Gasteiger partial charge on any atom is -0.454 e. The van der Waals surface area contributed by atoms with Crippen LogP contribution in [0.3, 0.4) is 0 Å². The average molecular weight is 463 g/mol. The average Bonchev–Trinajstić information content (AvgIpc) is 3.65. The third-order valence-electron chi connectivity index (χ3n) is 5.52. The van der Waals surface area contributed by atoms with E-state index in [1.54, 1.807) is 29.5 Å². The SMILES string of the molecule is N#CC(=Cc1cn(-c2ccccc2)nc1-c1cc2ccccc2o1)C(=O)NCCCn1ccnc1. The Morgan fingerprint density at radius 1 is 1.14 bits per heavy atom. The highest BCUT2D eigenvalue weighted by atomic mass is 16.3. The monoisotopic (exact) mass is 462 g/mol. The Morgan fingerprint density at radius 3 is 2.74 bits per heavy atom. The van der Waals surface area contributed by atoms with Gasteiger partial charge in [-0.15, -0.1) is 0 Å². The zero-order valence-corrected chi connectivity index (χ0v) is 18.8. The number of imidazole rings is 1. The third-order valence-corrected chi connectivity index (χ3v) is 5.52. The van der Waals surface area contributed by atoms with Crippen molar-refractivity contribution in [3.63, 3.8) is 0 Å². The van der Waals surface area contributed by atoms with E-state index < -0.39 is 5.91 Å². The van der Waals surface area contributed by atoms with Gasteiger partial charge < -0.3 is 14.3 Å². The Bertz CT molecular complexity index is 1490. The summed E-state index contributed by atoms with van der Waals surface area (Å²) < 4.78 is 9.69. The van der Waals surface area contributed by atoms with Gasteiger partial charge in [0.2, 0.25) is 0 Å². The molecule has 5 aromatic rings. The van der Waals surface area contributed by atoms with Gasteiger partial charge in [0.25, 0.3) is 5.91 Å². The number of nitriles is 1. The van der Waals surface area contributed by atoms with Crippen LogP contribution in [0, 0.1) is 11.3 Å². The van der Waals surface area contributed by atoms with Gasteiger partial charge in [0.1, 0.15) is 22.9 Å². The number of carbonyl (C=O) groups excluding carboxylic acids is 1. The van der Waals surface area contributed by atoms with Crippen LogP contribution >= 0.6 is 0 Å². The number of para-hydroxylation sites is 2. The van der Waals surface area contributed by atoms with Crippen LogP contribution in [0.25, 0.3) is 34.2 Å². The molecule has 8 heteroatoms. The Kier molecular flexibility index (Phi) is 6.22. The van der Waals surface area contributed by atoms with Crippen molar-refractivity contribution in [1.82, 2.24) is 24.6 Å². The molecule has 1 amide bonds. The number of aryl methyl sites for hydroxylation is 1. The van der Waals surface area contributed by atoms with E-state index >= 15 is 0 Å². The van der Waals surface area contributed by atoms with Gasteiger partial charge in [-0.2, -0.15) is 10.4 Å². The first kappa shape index (κ1) is 21.9. The molecule has 0 radical (unpaired) electrons. The number of amides is 1. The molecule has 0 fully saturated rings. The zero-order valence-electron chi connectivity index (χ0n) is 18.8. The van der Waals surface area contributed by atoms with Gasteiger partial charge in [-0.1, -0.05) is 36.4 Å². The van der Waals surface area contributed by atoms with Crippen molar-refractivity contribution in [1.29, 1.82) is 5.26 Å². The summed E-state index contributed by atoms with van der Waals surface area (Å²) in [6, 6.07) is 21.3. The zero-order chi connectivity index (χ0) is 24.0. The number of aromatic nitrogens is 4. The molecule has 5 rings (SSSR count). The van der Waals surface area contributed by atoms with Crippen molar-refractivity contribution in [2.75, 3.05) is 6.54 Å². The van der Waals surface area contributed by atoms with E-state index in [0.29, 0.717) is 23.6 Å². The van der Waals surface area contributed by atoms with Gasteiger partial charge >= 0.3 is 0 Å². The molecule has 0 aliphatic carbocycles. The first-order chi connectivity index (χ1) is 17.2. The van der Waals surface area contributed by atoms with Crippen molar-refractivity contribution in [2.45, 2.75) is 13.0 Å². The molecular formula is C27H22N6O2. The molecule has 0 saturated heterocycles. The lowest BCUT2D eigenvalue weighted by Crippen LogP contribution is -2.26. The van der Waals surface area contributed by atoms with E-state index in [4.69, 9.17) is 9.52 Å². The van der Waals surface area contributed by atoms with Gasteiger partial charge in [-0.05, 0) is 36.8 Å². The van der Waals surface area contributed by atoms with Crippen LogP contribution < -0.4 is 5.32 Å². The molecule has 35 heavy (non-hydrogen) atoms. The number of hydrogen-bond acceptors (Lipinski definition) is 5. The van der Waals surface area contributed by atoms with Crippen molar-refractivity contribution >= 4 is 23.0 Å². The quantitative estimate of drug-likeness (QED) is 0.206. The van der Waals surface area contributed by atoms with Crippen LogP contribution in [0.4, 0.5) is 0 Å². The molecule has 0 unspecified atom stereocenters. The number of fused-ring (bicyclic) bond motifs is 1. The van der Waals surface area contributed by atoms with Crippen LogP contribution in [-0.2, 0) is 11.3 Å². The summed E-state index contributed by atoms with van der Waals surface area (Å²) in [5.41, 5.74) is 2.75. The fraction of sp³-hybridized carbons (Fsp3) is 0.111. The minimum absolute atomic E-state index is 0.00222. The highest BCUT2D eigenvalue weighted by molar-refractivity contribution is 6.02.